The standard InChI is InChI=1S/CH3BO3.BH4.3Li/c1-5-2(3)4;;;;/h1H3;1H4;;;/q-2;-1;3*+1. The van der Waals surface area contributed by atoms with Crippen molar-refractivity contribution in [2.75, 3.05) is 7.11 Å². The van der Waals surface area contributed by atoms with Crippen molar-refractivity contribution in [2.24, 2.45) is 0 Å². The predicted octanol–water partition coefficient (Wildman–Crippen LogP) is -13.1. The minimum Gasteiger partial charge on any atom is -0.871 e. The average molecular weight is 110 g/mol. The van der Waals surface area contributed by atoms with E-state index in [0.29, 0.717) is 0 Å². The summed E-state index contributed by atoms with van der Waals surface area (Å²) in [5.41, 5.74) is 0. The molecule has 0 aliphatic carbocycles. The van der Waals surface area contributed by atoms with Crippen LogP contribution < -0.4 is 66.6 Å². The second kappa shape index (κ2) is 22.6. The van der Waals surface area contributed by atoms with E-state index in [4.69, 9.17) is 10.0 Å². The molecule has 0 radical (unpaired) electrons. The van der Waals surface area contributed by atoms with Crippen LogP contribution in [0.5, 0.6) is 0 Å². The molecule has 0 saturated carbocycles. The van der Waals surface area contributed by atoms with Crippen LogP contribution in [0, 0.1) is 0 Å². The van der Waals surface area contributed by atoms with Crippen LogP contribution in [0.15, 0.2) is 0 Å². The fraction of sp³-hybridized carbons (Fsp3) is 1.00. The van der Waals surface area contributed by atoms with Gasteiger partial charge in [-0.2, -0.15) is 0 Å². The molecule has 0 aliphatic heterocycles. The largest absolute Gasteiger partial charge is 1.00 e. The molecule has 0 saturated heterocycles. The third-order valence-corrected chi connectivity index (χ3v) is 0.192. The van der Waals surface area contributed by atoms with Gasteiger partial charge in [0.25, 0.3) is 0 Å². The van der Waals surface area contributed by atoms with Crippen LogP contribution in [0.2, 0.25) is 0 Å². The van der Waals surface area contributed by atoms with Gasteiger partial charge in [0.05, 0.1) is 7.32 Å². The Morgan fingerprint density at radius 3 is 1.22 bits per heavy atom. The predicted molar refractivity (Wildman–Crippen MR) is 24.1 cm³/mol. The van der Waals surface area contributed by atoms with Crippen molar-refractivity contribution in [2.45, 2.75) is 0 Å². The Hall–Kier alpha value is 1.80. The van der Waals surface area contributed by atoms with E-state index in [2.05, 4.69) is 4.65 Å². The molecule has 0 spiro atoms. The summed E-state index contributed by atoms with van der Waals surface area (Å²) in [7, 11) is -1.04. The monoisotopic (exact) mass is 110 g/mol. The second-order valence-electron chi connectivity index (χ2n) is 0.524. The summed E-state index contributed by atoms with van der Waals surface area (Å²) in [5, 5.41) is 18.2. The Labute approximate surface area is 93.6 Å². The molecule has 0 bridgehead atoms. The first-order chi connectivity index (χ1) is 2.27. The SMILES string of the molecule is COB([O-])[O-].[BH4-].[Li+].[Li+].[Li+]. The molecule has 0 heterocycles. The molecule has 38 valence electrons. The molecule has 8 heteroatoms. The molecule has 0 unspecified atom stereocenters. The Kier molecular flexibility index (Phi) is 77.3. The number of hydrogen-bond acceptors (Lipinski definition) is 3. The third-order valence-electron chi connectivity index (χ3n) is 0.192. The molecule has 0 amide bonds. The molecule has 0 fully saturated rings. The maximum absolute atomic E-state index is 9.12. The molecule has 0 aromatic rings. The van der Waals surface area contributed by atoms with Crippen LogP contribution in [-0.4, -0.2) is 22.8 Å². The van der Waals surface area contributed by atoms with Gasteiger partial charge in [-0.25, -0.2) is 0 Å². The van der Waals surface area contributed by atoms with Gasteiger partial charge in [-0.1, -0.05) is 8.41 Å². The molecule has 0 aromatic heterocycles. The maximum atomic E-state index is 9.12. The van der Waals surface area contributed by atoms with Crippen LogP contribution in [0.1, 0.15) is 0 Å². The van der Waals surface area contributed by atoms with Crippen LogP contribution in [0.3, 0.4) is 0 Å². The quantitative estimate of drug-likeness (QED) is 0.314. The van der Waals surface area contributed by atoms with Gasteiger partial charge in [0.1, 0.15) is 0 Å². The molecule has 0 rings (SSSR count). The average Bonchev–Trinajstić information content (AvgIpc) is 1.38. The molecular formula is CH7B2Li3O3. The zero-order valence-electron chi connectivity index (χ0n) is 5.80. The fourth-order valence-corrected chi connectivity index (χ4v) is 0. The van der Waals surface area contributed by atoms with Gasteiger partial charge in [-0.3, -0.25) is 0 Å². The normalized spacial score (nSPS) is 4.33. The summed E-state index contributed by atoms with van der Waals surface area (Å²) < 4.78 is 3.64. The Bertz CT molecular complexity index is 31.0. The summed E-state index contributed by atoms with van der Waals surface area (Å²) in [6.45, 7) is 0. The van der Waals surface area contributed by atoms with E-state index >= 15 is 0 Å². The van der Waals surface area contributed by atoms with Gasteiger partial charge in [-0.05, 0) is 0 Å². The molecular weight excluding hydrogens is 102 g/mol. The van der Waals surface area contributed by atoms with E-state index in [9.17, 15) is 0 Å². The smallest absolute Gasteiger partial charge is 0.871 e. The van der Waals surface area contributed by atoms with Crippen LogP contribution in [-0.2, 0) is 4.65 Å². The molecule has 0 aliphatic rings. The van der Waals surface area contributed by atoms with Gasteiger partial charge in [0, 0.05) is 7.11 Å². The van der Waals surface area contributed by atoms with Crippen molar-refractivity contribution in [3.63, 3.8) is 0 Å². The topological polar surface area (TPSA) is 55.3 Å². The maximum Gasteiger partial charge on any atom is 1.00 e. The fourth-order valence-electron chi connectivity index (χ4n) is 0. The van der Waals surface area contributed by atoms with E-state index in [1.165, 1.54) is 0 Å². The van der Waals surface area contributed by atoms with Crippen molar-refractivity contribution in [3.8, 4) is 0 Å². The van der Waals surface area contributed by atoms with Gasteiger partial charge >= 0.3 is 56.6 Å². The van der Waals surface area contributed by atoms with E-state index in [1.54, 1.807) is 0 Å². The van der Waals surface area contributed by atoms with E-state index in [0.717, 1.165) is 7.11 Å². The number of rotatable bonds is 1. The summed E-state index contributed by atoms with van der Waals surface area (Å²) >= 11 is 0. The van der Waals surface area contributed by atoms with Crippen LogP contribution >= 0.6 is 0 Å². The van der Waals surface area contributed by atoms with E-state index in [-0.39, 0.29) is 65.0 Å². The third kappa shape index (κ3) is 41.3. The molecule has 0 N–H and O–H groups in total. The first-order valence-corrected chi connectivity index (χ1v) is 1.12. The Morgan fingerprint density at radius 1 is 1.11 bits per heavy atom. The molecule has 3 nitrogen and oxygen atoms in total. The van der Waals surface area contributed by atoms with Crippen molar-refractivity contribution < 1.29 is 71.3 Å². The minimum atomic E-state index is -2.12. The number of hydrogen-bond donors (Lipinski definition) is 0. The summed E-state index contributed by atoms with van der Waals surface area (Å²) in [5.74, 6) is 0. The summed E-state index contributed by atoms with van der Waals surface area (Å²) in [6, 6.07) is 0. The van der Waals surface area contributed by atoms with Gasteiger partial charge < -0.3 is 14.7 Å². The van der Waals surface area contributed by atoms with Crippen molar-refractivity contribution >= 4 is 15.7 Å². The first kappa shape index (κ1) is 30.8. The first-order valence-electron chi connectivity index (χ1n) is 1.12. The molecule has 0 atom stereocenters. The Morgan fingerprint density at radius 2 is 1.22 bits per heavy atom. The zero-order valence-corrected chi connectivity index (χ0v) is 5.80. The van der Waals surface area contributed by atoms with Crippen LogP contribution in [0.25, 0.3) is 0 Å². The Balaban J connectivity index is -0.0000000133. The molecule has 0 aromatic carbocycles. The van der Waals surface area contributed by atoms with Gasteiger partial charge in [0.2, 0.25) is 0 Å². The van der Waals surface area contributed by atoms with Gasteiger partial charge in [0.15, 0.2) is 0 Å². The van der Waals surface area contributed by atoms with Crippen molar-refractivity contribution in [1.82, 2.24) is 0 Å². The minimum absolute atomic E-state index is 0. The van der Waals surface area contributed by atoms with Gasteiger partial charge in [-0.15, -0.1) is 0 Å². The summed E-state index contributed by atoms with van der Waals surface area (Å²) in [4.78, 5) is 0. The molecule has 9 heavy (non-hydrogen) atoms. The second-order valence-corrected chi connectivity index (χ2v) is 0.524. The van der Waals surface area contributed by atoms with E-state index in [1.807, 2.05) is 0 Å². The van der Waals surface area contributed by atoms with Crippen LogP contribution in [0.4, 0.5) is 0 Å². The van der Waals surface area contributed by atoms with Crippen molar-refractivity contribution in [1.29, 1.82) is 0 Å². The summed E-state index contributed by atoms with van der Waals surface area (Å²) in [6.07, 6.45) is 0. The van der Waals surface area contributed by atoms with Crippen molar-refractivity contribution in [3.05, 3.63) is 0 Å². The zero-order chi connectivity index (χ0) is 4.28. The van der Waals surface area contributed by atoms with E-state index < -0.39 is 7.32 Å².